The van der Waals surface area contributed by atoms with Gasteiger partial charge in [0.25, 0.3) is 0 Å². The maximum Gasteiger partial charge on any atom is 0.228 e. The van der Waals surface area contributed by atoms with E-state index >= 15 is 0 Å². The summed E-state index contributed by atoms with van der Waals surface area (Å²) in [5, 5.41) is 7.33. The average Bonchev–Trinajstić information content (AvgIpc) is 3.40. The van der Waals surface area contributed by atoms with E-state index in [1.165, 1.54) is 0 Å². The van der Waals surface area contributed by atoms with E-state index in [2.05, 4.69) is 31.8 Å². The summed E-state index contributed by atoms with van der Waals surface area (Å²) in [6.07, 6.45) is 9.43. The molecule has 1 fully saturated rings. The van der Waals surface area contributed by atoms with Gasteiger partial charge in [-0.3, -0.25) is 9.69 Å². The first-order valence-corrected chi connectivity index (χ1v) is 9.86. The summed E-state index contributed by atoms with van der Waals surface area (Å²) in [4.78, 5) is 19.7. The number of nitrogens with one attached hydrogen (secondary N) is 1. The van der Waals surface area contributed by atoms with Gasteiger partial charge < -0.3 is 9.88 Å². The second kappa shape index (κ2) is 8.39. The molecule has 1 amide bonds. The molecule has 7 nitrogen and oxygen atoms in total. The van der Waals surface area contributed by atoms with Crippen LogP contribution in [-0.2, 0) is 17.9 Å². The zero-order valence-electron chi connectivity index (χ0n) is 16.2. The van der Waals surface area contributed by atoms with Gasteiger partial charge in [0.15, 0.2) is 0 Å². The van der Waals surface area contributed by atoms with Crippen molar-refractivity contribution in [1.29, 1.82) is 0 Å². The number of imidazole rings is 1. The van der Waals surface area contributed by atoms with Crippen molar-refractivity contribution in [1.82, 2.24) is 24.2 Å². The molecule has 1 aliphatic rings. The molecule has 146 valence electrons. The van der Waals surface area contributed by atoms with Crippen molar-refractivity contribution in [3.8, 4) is 5.69 Å². The van der Waals surface area contributed by atoms with Gasteiger partial charge in [-0.2, -0.15) is 5.10 Å². The molecule has 3 heterocycles. The Morgan fingerprint density at radius 3 is 3.00 bits per heavy atom. The van der Waals surface area contributed by atoms with Crippen LogP contribution in [0.25, 0.3) is 5.69 Å². The van der Waals surface area contributed by atoms with Gasteiger partial charge in [0.05, 0.1) is 18.2 Å². The van der Waals surface area contributed by atoms with Crippen LogP contribution in [0.2, 0.25) is 0 Å². The fourth-order valence-electron chi connectivity index (χ4n) is 3.78. The molecule has 0 aliphatic carbocycles. The van der Waals surface area contributed by atoms with E-state index in [0.29, 0.717) is 0 Å². The van der Waals surface area contributed by atoms with Crippen molar-refractivity contribution in [3.63, 3.8) is 0 Å². The first kappa shape index (κ1) is 18.4. The number of nitrogens with zero attached hydrogens (tertiary/aromatic N) is 5. The highest BCUT2D eigenvalue weighted by Gasteiger charge is 2.26. The Bertz CT molecular complexity index is 917. The Kier molecular flexibility index (Phi) is 5.53. The minimum atomic E-state index is -0.00727. The molecule has 2 aromatic heterocycles. The van der Waals surface area contributed by atoms with Gasteiger partial charge in [-0.05, 0) is 50.6 Å². The Hall–Kier alpha value is -2.93. The smallest absolute Gasteiger partial charge is 0.228 e. The SMILES string of the molecule is CCn1ccnc1CN1CCC[C@H](C(=O)Nc2cccc(-n3cccn3)c2)C1. The van der Waals surface area contributed by atoms with Crippen LogP contribution in [0.15, 0.2) is 55.1 Å². The summed E-state index contributed by atoms with van der Waals surface area (Å²) >= 11 is 0. The fraction of sp³-hybridized carbons (Fsp3) is 0.381. The molecule has 0 radical (unpaired) electrons. The highest BCUT2D eigenvalue weighted by molar-refractivity contribution is 5.93. The number of likely N-dealkylation sites (tertiary alicyclic amines) is 1. The number of piperidine rings is 1. The predicted molar refractivity (Wildman–Crippen MR) is 108 cm³/mol. The predicted octanol–water partition coefficient (Wildman–Crippen LogP) is 2.94. The van der Waals surface area contributed by atoms with Crippen molar-refractivity contribution in [3.05, 3.63) is 60.9 Å². The van der Waals surface area contributed by atoms with E-state index in [9.17, 15) is 4.79 Å². The number of carbonyl (C=O) groups excluding carboxylic acids is 1. The minimum Gasteiger partial charge on any atom is -0.334 e. The zero-order valence-corrected chi connectivity index (χ0v) is 16.2. The number of aryl methyl sites for hydroxylation is 1. The third-order valence-corrected chi connectivity index (χ3v) is 5.27. The van der Waals surface area contributed by atoms with E-state index in [-0.39, 0.29) is 11.8 Å². The average molecular weight is 378 g/mol. The van der Waals surface area contributed by atoms with Crippen LogP contribution < -0.4 is 5.32 Å². The fourth-order valence-corrected chi connectivity index (χ4v) is 3.78. The van der Waals surface area contributed by atoms with Crippen molar-refractivity contribution in [2.45, 2.75) is 32.9 Å². The van der Waals surface area contributed by atoms with E-state index in [1.807, 2.05) is 48.9 Å². The third-order valence-electron chi connectivity index (χ3n) is 5.27. The quantitative estimate of drug-likeness (QED) is 0.716. The summed E-state index contributed by atoms with van der Waals surface area (Å²) in [5.74, 6) is 1.14. The summed E-state index contributed by atoms with van der Waals surface area (Å²) in [6, 6.07) is 9.66. The first-order chi connectivity index (χ1) is 13.7. The molecule has 0 spiro atoms. The molecule has 1 aliphatic heterocycles. The Balaban J connectivity index is 1.39. The van der Waals surface area contributed by atoms with Crippen LogP contribution in [0, 0.1) is 5.92 Å². The number of carbonyl (C=O) groups is 1. The summed E-state index contributed by atoms with van der Waals surface area (Å²) in [5.41, 5.74) is 1.73. The molecule has 1 saturated heterocycles. The summed E-state index contributed by atoms with van der Waals surface area (Å²) in [7, 11) is 0. The minimum absolute atomic E-state index is 0.00727. The lowest BCUT2D eigenvalue weighted by Gasteiger charge is -2.31. The molecular weight excluding hydrogens is 352 g/mol. The van der Waals surface area contributed by atoms with Gasteiger partial charge >= 0.3 is 0 Å². The van der Waals surface area contributed by atoms with E-state index in [1.54, 1.807) is 10.9 Å². The Morgan fingerprint density at radius 2 is 2.18 bits per heavy atom. The number of anilines is 1. The normalized spacial score (nSPS) is 17.5. The van der Waals surface area contributed by atoms with Gasteiger partial charge in [-0.1, -0.05) is 6.07 Å². The highest BCUT2D eigenvalue weighted by atomic mass is 16.1. The molecule has 3 aromatic rings. The molecule has 1 atom stereocenters. The molecule has 0 bridgehead atoms. The van der Waals surface area contributed by atoms with Crippen molar-refractivity contribution < 1.29 is 4.79 Å². The topological polar surface area (TPSA) is 68.0 Å². The highest BCUT2D eigenvalue weighted by Crippen LogP contribution is 2.21. The second-order valence-electron chi connectivity index (χ2n) is 7.19. The Morgan fingerprint density at radius 1 is 1.25 bits per heavy atom. The van der Waals surface area contributed by atoms with Crippen LogP contribution in [0.3, 0.4) is 0 Å². The zero-order chi connectivity index (χ0) is 19.3. The summed E-state index contributed by atoms with van der Waals surface area (Å²) < 4.78 is 3.94. The molecule has 28 heavy (non-hydrogen) atoms. The van der Waals surface area contributed by atoms with Gasteiger partial charge in [-0.15, -0.1) is 0 Å². The molecule has 1 N–H and O–H groups in total. The molecule has 1 aromatic carbocycles. The van der Waals surface area contributed by atoms with Crippen LogP contribution >= 0.6 is 0 Å². The van der Waals surface area contributed by atoms with Gasteiger partial charge in [-0.25, -0.2) is 9.67 Å². The van der Waals surface area contributed by atoms with Crippen LogP contribution in [0.5, 0.6) is 0 Å². The van der Waals surface area contributed by atoms with Gasteiger partial charge in [0, 0.05) is 43.6 Å². The lowest BCUT2D eigenvalue weighted by Crippen LogP contribution is -2.40. The number of aromatic nitrogens is 4. The van der Waals surface area contributed by atoms with Crippen LogP contribution in [0.4, 0.5) is 5.69 Å². The first-order valence-electron chi connectivity index (χ1n) is 9.86. The number of hydrogen-bond donors (Lipinski definition) is 1. The summed E-state index contributed by atoms with van der Waals surface area (Å²) in [6.45, 7) is 5.60. The number of amides is 1. The molecular formula is C21H26N6O. The van der Waals surface area contributed by atoms with E-state index < -0.39 is 0 Å². The molecule has 4 rings (SSSR count). The van der Waals surface area contributed by atoms with Crippen LogP contribution in [0.1, 0.15) is 25.6 Å². The van der Waals surface area contributed by atoms with Crippen molar-refractivity contribution in [2.75, 3.05) is 18.4 Å². The van der Waals surface area contributed by atoms with E-state index in [4.69, 9.17) is 0 Å². The maximum atomic E-state index is 12.9. The van der Waals surface area contributed by atoms with Crippen LogP contribution in [-0.4, -0.2) is 43.2 Å². The number of rotatable bonds is 6. The lowest BCUT2D eigenvalue weighted by atomic mass is 9.97. The monoisotopic (exact) mass is 378 g/mol. The van der Waals surface area contributed by atoms with E-state index in [0.717, 1.165) is 56.2 Å². The third kappa shape index (κ3) is 4.14. The standard InChI is InChI=1S/C21H26N6O/c1-2-26-13-10-22-20(26)16-25-11-4-6-17(15-25)21(28)24-18-7-3-8-19(14-18)27-12-5-9-23-27/h3,5,7-10,12-14,17H,2,4,6,11,15-16H2,1H3,(H,24,28)/t17-/m0/s1. The molecule has 0 unspecified atom stereocenters. The van der Waals surface area contributed by atoms with Gasteiger partial charge in [0.1, 0.15) is 5.82 Å². The number of hydrogen-bond acceptors (Lipinski definition) is 4. The largest absolute Gasteiger partial charge is 0.334 e. The lowest BCUT2D eigenvalue weighted by molar-refractivity contribution is -0.121. The van der Waals surface area contributed by atoms with Crippen molar-refractivity contribution >= 4 is 11.6 Å². The van der Waals surface area contributed by atoms with Gasteiger partial charge in [0.2, 0.25) is 5.91 Å². The Labute approximate surface area is 165 Å². The maximum absolute atomic E-state index is 12.9. The number of benzene rings is 1. The van der Waals surface area contributed by atoms with Crippen molar-refractivity contribution in [2.24, 2.45) is 5.92 Å². The molecule has 0 saturated carbocycles. The second-order valence-corrected chi connectivity index (χ2v) is 7.19. The molecule has 7 heteroatoms.